The minimum Gasteiger partial charge on any atom is -0.868 e. The maximum atomic E-state index is 12.5. The average molecular weight is 328 g/mol. The third-order valence-electron chi connectivity index (χ3n) is 3.45. The van der Waals surface area contributed by atoms with Gasteiger partial charge in [-0.1, -0.05) is 24.3 Å². The van der Waals surface area contributed by atoms with E-state index >= 15 is 0 Å². The molecular formula is C17H16N2O3S. The summed E-state index contributed by atoms with van der Waals surface area (Å²) in [5.74, 6) is 1.16. The molecule has 2 heterocycles. The van der Waals surface area contributed by atoms with Crippen LogP contribution in [0.5, 0.6) is 11.5 Å². The highest BCUT2D eigenvalue weighted by molar-refractivity contribution is 7.96. The summed E-state index contributed by atoms with van der Waals surface area (Å²) in [5, 5.41) is 13.0. The molecule has 1 N–H and O–H groups in total. The van der Waals surface area contributed by atoms with Gasteiger partial charge in [0.2, 0.25) is 4.90 Å². The quantitative estimate of drug-likeness (QED) is 0.723. The van der Waals surface area contributed by atoms with Crippen molar-refractivity contribution in [3.63, 3.8) is 0 Å². The van der Waals surface area contributed by atoms with Crippen molar-refractivity contribution in [3.05, 3.63) is 59.0 Å². The van der Waals surface area contributed by atoms with Crippen molar-refractivity contribution in [2.24, 2.45) is 0 Å². The van der Waals surface area contributed by atoms with Crippen molar-refractivity contribution in [2.75, 3.05) is 18.6 Å². The van der Waals surface area contributed by atoms with Crippen molar-refractivity contribution in [1.82, 2.24) is 9.97 Å². The van der Waals surface area contributed by atoms with Crippen molar-refractivity contribution >= 4 is 21.9 Å². The van der Waals surface area contributed by atoms with Crippen LogP contribution in [0.15, 0.2) is 58.4 Å². The van der Waals surface area contributed by atoms with E-state index in [9.17, 15) is 9.90 Å². The van der Waals surface area contributed by atoms with Gasteiger partial charge in [0, 0.05) is 22.5 Å². The molecule has 0 saturated carbocycles. The van der Waals surface area contributed by atoms with Gasteiger partial charge >= 0.3 is 5.56 Å². The van der Waals surface area contributed by atoms with Crippen LogP contribution in [-0.2, 0) is 10.9 Å². The Morgan fingerprint density at radius 1 is 1.22 bits per heavy atom. The van der Waals surface area contributed by atoms with E-state index in [1.54, 1.807) is 18.3 Å². The molecule has 0 bridgehead atoms. The molecule has 1 aromatic carbocycles. The highest BCUT2D eigenvalue weighted by Crippen LogP contribution is 2.24. The van der Waals surface area contributed by atoms with Crippen LogP contribution in [0.3, 0.4) is 0 Å². The summed E-state index contributed by atoms with van der Waals surface area (Å²) in [4.78, 5) is 19.2. The fourth-order valence-corrected chi connectivity index (χ4v) is 3.63. The highest BCUT2D eigenvalue weighted by atomic mass is 32.2. The highest BCUT2D eigenvalue weighted by Gasteiger charge is 2.22. The average Bonchev–Trinajstić information content (AvgIpc) is 2.56. The molecule has 6 heteroatoms. The van der Waals surface area contributed by atoms with Gasteiger partial charge in [0.25, 0.3) is 0 Å². The second-order valence-electron chi connectivity index (χ2n) is 5.01. The molecule has 0 amide bonds. The number of hydrogen-bond acceptors (Lipinski definition) is 4. The molecule has 3 aromatic rings. The Morgan fingerprint density at radius 2 is 2.00 bits per heavy atom. The fourth-order valence-electron chi connectivity index (χ4n) is 2.30. The summed E-state index contributed by atoms with van der Waals surface area (Å²) >= 11 is 0. The van der Waals surface area contributed by atoms with Crippen LogP contribution >= 0.6 is 0 Å². The third kappa shape index (κ3) is 3.32. The molecule has 1 unspecified atom stereocenters. The maximum absolute atomic E-state index is 12.5. The summed E-state index contributed by atoms with van der Waals surface area (Å²) in [6.45, 7) is 0.452. The predicted molar refractivity (Wildman–Crippen MR) is 90.2 cm³/mol. The van der Waals surface area contributed by atoms with Crippen LogP contribution in [-0.4, -0.2) is 28.6 Å². The number of hydrogen-bond donors (Lipinski definition) is 1. The molecule has 0 aliphatic rings. The summed E-state index contributed by atoms with van der Waals surface area (Å²) in [7, 11) is -0.495. The lowest BCUT2D eigenvalue weighted by atomic mass is 10.3. The molecular weight excluding hydrogens is 312 g/mol. The van der Waals surface area contributed by atoms with Gasteiger partial charge in [-0.3, -0.25) is 4.79 Å². The van der Waals surface area contributed by atoms with Crippen LogP contribution in [0.1, 0.15) is 0 Å². The molecule has 3 rings (SSSR count). The molecule has 23 heavy (non-hydrogen) atoms. The van der Waals surface area contributed by atoms with E-state index in [-0.39, 0.29) is 11.3 Å². The van der Waals surface area contributed by atoms with E-state index in [1.165, 1.54) is 0 Å². The number of aromatic nitrogens is 2. The minimum atomic E-state index is -0.495. The first-order valence-corrected chi connectivity index (χ1v) is 8.95. The lowest BCUT2D eigenvalue weighted by Gasteiger charge is -2.14. The Morgan fingerprint density at radius 3 is 2.78 bits per heavy atom. The number of ether oxygens (including phenoxy) is 1. The lowest BCUT2D eigenvalue weighted by Crippen LogP contribution is -2.24. The van der Waals surface area contributed by atoms with E-state index in [2.05, 4.69) is 9.97 Å². The van der Waals surface area contributed by atoms with Gasteiger partial charge in [-0.25, -0.2) is 4.98 Å². The summed E-state index contributed by atoms with van der Waals surface area (Å²) in [6, 6.07) is 12.8. The number of fused-ring (bicyclic) bond motifs is 1. The summed E-state index contributed by atoms with van der Waals surface area (Å²) in [6.07, 6.45) is 3.44. The largest absolute Gasteiger partial charge is 0.868 e. The molecule has 0 saturated heterocycles. The van der Waals surface area contributed by atoms with Crippen molar-refractivity contribution in [3.8, 4) is 11.5 Å². The van der Waals surface area contributed by atoms with Crippen LogP contribution < -0.4 is 15.4 Å². The van der Waals surface area contributed by atoms with Gasteiger partial charge in [0.15, 0.2) is 0 Å². The van der Waals surface area contributed by atoms with Gasteiger partial charge < -0.3 is 14.8 Å². The Kier molecular flexibility index (Phi) is 4.52. The van der Waals surface area contributed by atoms with Crippen LogP contribution in [0, 0.1) is 0 Å². The van der Waals surface area contributed by atoms with Gasteiger partial charge in [0.1, 0.15) is 30.0 Å². The second-order valence-corrected chi connectivity index (χ2v) is 7.11. The number of benzene rings is 1. The van der Waals surface area contributed by atoms with Gasteiger partial charge in [0.05, 0.1) is 0 Å². The molecule has 2 aromatic heterocycles. The zero-order valence-corrected chi connectivity index (χ0v) is 13.4. The SMILES string of the molecule is C[S+](CCOc1ccccc1)c1c([O-])c2cccnc2[nH]c1=O. The second kappa shape index (κ2) is 6.75. The van der Waals surface area contributed by atoms with E-state index in [1.807, 2.05) is 36.6 Å². The van der Waals surface area contributed by atoms with E-state index in [4.69, 9.17) is 4.74 Å². The number of nitrogens with zero attached hydrogens (tertiary/aromatic N) is 1. The number of rotatable bonds is 5. The zero-order chi connectivity index (χ0) is 16.2. The zero-order valence-electron chi connectivity index (χ0n) is 12.6. The molecule has 5 nitrogen and oxygen atoms in total. The van der Waals surface area contributed by atoms with Crippen molar-refractivity contribution in [1.29, 1.82) is 0 Å². The van der Waals surface area contributed by atoms with Crippen molar-refractivity contribution < 1.29 is 9.84 Å². The van der Waals surface area contributed by atoms with E-state index in [0.717, 1.165) is 5.75 Å². The molecule has 118 valence electrons. The van der Waals surface area contributed by atoms with E-state index < -0.39 is 10.9 Å². The molecule has 0 fully saturated rings. The molecule has 0 spiro atoms. The lowest BCUT2D eigenvalue weighted by molar-refractivity contribution is -0.270. The van der Waals surface area contributed by atoms with Crippen LogP contribution in [0.4, 0.5) is 0 Å². The predicted octanol–water partition coefficient (Wildman–Crippen LogP) is 1.68. The number of H-pyrrole nitrogens is 1. The normalized spacial score (nSPS) is 12.2. The first kappa shape index (κ1) is 15.4. The monoisotopic (exact) mass is 328 g/mol. The van der Waals surface area contributed by atoms with Gasteiger partial charge in [-0.2, -0.15) is 0 Å². The van der Waals surface area contributed by atoms with Crippen LogP contribution in [0.2, 0.25) is 0 Å². The third-order valence-corrected chi connectivity index (χ3v) is 5.29. The topological polar surface area (TPSA) is 78.0 Å². The molecule has 0 aliphatic carbocycles. The minimum absolute atomic E-state index is 0.234. The Balaban J connectivity index is 1.78. The molecule has 0 aliphatic heterocycles. The smallest absolute Gasteiger partial charge is 0.304 e. The number of pyridine rings is 2. The summed E-state index contributed by atoms with van der Waals surface area (Å²) < 4.78 is 5.65. The number of aromatic amines is 1. The Bertz CT molecular complexity index is 865. The Hall–Kier alpha value is -2.47. The maximum Gasteiger partial charge on any atom is 0.304 e. The first-order valence-electron chi connectivity index (χ1n) is 7.15. The molecule has 1 atom stereocenters. The number of nitrogens with one attached hydrogen (secondary N) is 1. The van der Waals surface area contributed by atoms with Gasteiger partial charge in [-0.05, 0) is 23.9 Å². The number of para-hydroxylation sites is 1. The first-order chi connectivity index (χ1) is 11.2. The Labute approximate surface area is 136 Å². The fraction of sp³-hybridized carbons (Fsp3) is 0.176. The van der Waals surface area contributed by atoms with Crippen molar-refractivity contribution in [2.45, 2.75) is 4.90 Å². The van der Waals surface area contributed by atoms with E-state index in [0.29, 0.717) is 28.3 Å². The molecule has 0 radical (unpaired) electrons. The van der Waals surface area contributed by atoms with Crippen LogP contribution in [0.25, 0.3) is 11.0 Å². The summed E-state index contributed by atoms with van der Waals surface area (Å²) in [5.41, 5.74) is -0.0180. The van der Waals surface area contributed by atoms with Gasteiger partial charge in [-0.15, -0.1) is 0 Å². The standard InChI is InChI=1S/C17H16N2O3S/c1-23(11-10-22-12-6-3-2-4-7-12)15-14(20)13-8-5-9-18-16(13)19-17(15)21/h2-9H,10-11H2,1H3,(H-,18,19,20,21).